The number of hydrogen-bond acceptors (Lipinski definition) is 4. The highest BCUT2D eigenvalue weighted by atomic mass is 16.5. The average Bonchev–Trinajstić information content (AvgIpc) is 2.78. The van der Waals surface area contributed by atoms with Crippen molar-refractivity contribution >= 4 is 21.5 Å². The molecule has 0 unspecified atom stereocenters. The van der Waals surface area contributed by atoms with E-state index in [0.29, 0.717) is 17.3 Å². The lowest BCUT2D eigenvalue weighted by atomic mass is 9.95. The van der Waals surface area contributed by atoms with Gasteiger partial charge in [0.25, 0.3) is 0 Å². The van der Waals surface area contributed by atoms with Gasteiger partial charge in [-0.1, -0.05) is 60.7 Å². The molecule has 1 N–H and O–H groups in total. The summed E-state index contributed by atoms with van der Waals surface area (Å²) in [5, 5.41) is 15.0. The van der Waals surface area contributed by atoms with Crippen molar-refractivity contribution in [3.63, 3.8) is 0 Å². The van der Waals surface area contributed by atoms with E-state index in [4.69, 9.17) is 9.72 Å². The number of nitrogens with zero attached hydrogens (tertiary/aromatic N) is 2. The predicted molar refractivity (Wildman–Crippen MR) is 125 cm³/mol. The fraction of sp³-hybridized carbons (Fsp3) is 0.111. The maximum absolute atomic E-state index is 10.4. The van der Waals surface area contributed by atoms with Gasteiger partial charge in [0, 0.05) is 11.6 Å². The van der Waals surface area contributed by atoms with Gasteiger partial charge in [-0.2, -0.15) is 4.98 Å². The van der Waals surface area contributed by atoms with E-state index in [2.05, 4.69) is 47.4 Å². The van der Waals surface area contributed by atoms with Crippen LogP contribution in [0.4, 0.5) is 0 Å². The lowest BCUT2D eigenvalue weighted by Crippen LogP contribution is -2.08. The maximum Gasteiger partial charge on any atom is 0.217 e. The Morgan fingerprint density at radius 2 is 1.39 bits per heavy atom. The van der Waals surface area contributed by atoms with Crippen molar-refractivity contribution in [3.05, 3.63) is 84.9 Å². The van der Waals surface area contributed by atoms with Crippen LogP contribution in [0.2, 0.25) is 0 Å². The van der Waals surface area contributed by atoms with Crippen LogP contribution in [-0.2, 0) is 0 Å². The molecule has 0 aliphatic carbocycles. The van der Waals surface area contributed by atoms with E-state index in [1.54, 1.807) is 12.1 Å². The van der Waals surface area contributed by atoms with Gasteiger partial charge in [-0.3, -0.25) is 0 Å². The molecule has 0 radical (unpaired) electrons. The summed E-state index contributed by atoms with van der Waals surface area (Å²) in [5.41, 5.74) is 2.33. The van der Waals surface area contributed by atoms with E-state index >= 15 is 0 Å². The third-order valence-corrected chi connectivity index (χ3v) is 5.25. The quantitative estimate of drug-likeness (QED) is 0.341. The summed E-state index contributed by atoms with van der Waals surface area (Å²) in [4.78, 5) is 9.43. The first-order valence-corrected chi connectivity index (χ1v) is 10.3. The Kier molecular flexibility index (Phi) is 4.75. The van der Waals surface area contributed by atoms with Crippen molar-refractivity contribution in [3.8, 4) is 34.3 Å². The van der Waals surface area contributed by atoms with Crippen LogP contribution in [0.15, 0.2) is 84.9 Å². The minimum Gasteiger partial charge on any atom is -0.507 e. The van der Waals surface area contributed by atoms with Crippen LogP contribution in [0, 0.1) is 0 Å². The summed E-state index contributed by atoms with van der Waals surface area (Å²) in [6.07, 6.45) is -0.0340. The van der Waals surface area contributed by atoms with Crippen LogP contribution in [-0.4, -0.2) is 21.2 Å². The van der Waals surface area contributed by atoms with Crippen molar-refractivity contribution in [2.45, 2.75) is 20.0 Å². The number of phenols is 1. The predicted octanol–water partition coefficient (Wildman–Crippen LogP) is 6.61. The summed E-state index contributed by atoms with van der Waals surface area (Å²) in [6, 6.07) is 27.8. The Balaban J connectivity index is 1.81. The molecular weight excluding hydrogens is 384 g/mol. The summed E-state index contributed by atoms with van der Waals surface area (Å²) < 4.78 is 5.95. The third-order valence-electron chi connectivity index (χ3n) is 5.25. The number of phenolic OH excluding ortho intramolecular Hbond substituents is 1. The molecular formula is C27H22N2O2. The first-order chi connectivity index (χ1) is 15.1. The van der Waals surface area contributed by atoms with E-state index in [0.717, 1.165) is 22.0 Å². The summed E-state index contributed by atoms with van der Waals surface area (Å²) in [6.45, 7) is 3.93. The zero-order valence-electron chi connectivity index (χ0n) is 17.4. The van der Waals surface area contributed by atoms with Gasteiger partial charge < -0.3 is 9.84 Å². The van der Waals surface area contributed by atoms with E-state index in [1.165, 1.54) is 10.8 Å². The fourth-order valence-electron chi connectivity index (χ4n) is 3.91. The van der Waals surface area contributed by atoms with E-state index < -0.39 is 0 Å². The molecule has 1 aromatic heterocycles. The highest BCUT2D eigenvalue weighted by Crippen LogP contribution is 2.36. The minimum atomic E-state index is -0.0340. The molecule has 5 rings (SSSR count). The Morgan fingerprint density at radius 1 is 0.710 bits per heavy atom. The molecule has 0 aliphatic rings. The number of rotatable bonds is 4. The first-order valence-electron chi connectivity index (χ1n) is 10.3. The van der Waals surface area contributed by atoms with E-state index in [1.807, 2.05) is 44.2 Å². The second-order valence-electron chi connectivity index (χ2n) is 7.79. The minimum absolute atomic E-state index is 0.0340. The molecule has 0 bridgehead atoms. The number of benzene rings is 4. The lowest BCUT2D eigenvalue weighted by molar-refractivity contribution is 0.232. The zero-order chi connectivity index (χ0) is 21.4. The average molecular weight is 406 g/mol. The maximum atomic E-state index is 10.4. The lowest BCUT2D eigenvalue weighted by Gasteiger charge is -2.14. The first kappa shape index (κ1) is 19.1. The number of para-hydroxylation sites is 1. The van der Waals surface area contributed by atoms with Gasteiger partial charge in [0.15, 0.2) is 5.82 Å². The van der Waals surface area contributed by atoms with Crippen molar-refractivity contribution < 1.29 is 9.84 Å². The molecule has 0 spiro atoms. The zero-order valence-corrected chi connectivity index (χ0v) is 17.4. The van der Waals surface area contributed by atoms with Gasteiger partial charge in [0.05, 0.1) is 17.4 Å². The number of fused-ring (bicyclic) bond motifs is 3. The Labute approximate surface area is 180 Å². The van der Waals surface area contributed by atoms with Crippen molar-refractivity contribution in [2.75, 3.05) is 0 Å². The largest absolute Gasteiger partial charge is 0.507 e. The third kappa shape index (κ3) is 3.57. The normalized spacial score (nSPS) is 11.3. The highest BCUT2D eigenvalue weighted by Gasteiger charge is 2.16. The molecule has 152 valence electrons. The van der Waals surface area contributed by atoms with Gasteiger partial charge in [0.1, 0.15) is 5.75 Å². The number of aromatic hydroxyl groups is 1. The molecule has 0 saturated carbocycles. The molecule has 4 heteroatoms. The monoisotopic (exact) mass is 406 g/mol. The topological polar surface area (TPSA) is 55.2 Å². The molecule has 4 nitrogen and oxygen atoms in total. The van der Waals surface area contributed by atoms with E-state index in [-0.39, 0.29) is 11.9 Å². The molecule has 4 aromatic carbocycles. The van der Waals surface area contributed by atoms with Gasteiger partial charge in [-0.05, 0) is 53.6 Å². The molecule has 0 aliphatic heterocycles. The molecule has 5 aromatic rings. The molecule has 0 fully saturated rings. The second-order valence-corrected chi connectivity index (χ2v) is 7.79. The van der Waals surface area contributed by atoms with Gasteiger partial charge in [0.2, 0.25) is 5.88 Å². The van der Waals surface area contributed by atoms with E-state index in [9.17, 15) is 5.11 Å². The van der Waals surface area contributed by atoms with Crippen molar-refractivity contribution in [2.24, 2.45) is 0 Å². The summed E-state index contributed by atoms with van der Waals surface area (Å²) >= 11 is 0. The van der Waals surface area contributed by atoms with Crippen LogP contribution < -0.4 is 4.74 Å². The molecule has 1 heterocycles. The Morgan fingerprint density at radius 3 is 2.16 bits per heavy atom. The van der Waals surface area contributed by atoms with Crippen LogP contribution in [0.5, 0.6) is 11.6 Å². The number of hydrogen-bond donors (Lipinski definition) is 1. The molecule has 0 amide bonds. The molecule has 31 heavy (non-hydrogen) atoms. The smallest absolute Gasteiger partial charge is 0.217 e. The number of aromatic nitrogens is 2. The summed E-state index contributed by atoms with van der Waals surface area (Å²) in [7, 11) is 0. The van der Waals surface area contributed by atoms with Crippen molar-refractivity contribution in [1.29, 1.82) is 0 Å². The van der Waals surface area contributed by atoms with Crippen LogP contribution in [0.1, 0.15) is 13.8 Å². The Bertz CT molecular complexity index is 1410. The Hall–Kier alpha value is -3.92. The van der Waals surface area contributed by atoms with Crippen molar-refractivity contribution in [1.82, 2.24) is 9.97 Å². The standard InChI is InChI=1S/C27H22N2O2/c1-17(2)31-26-16-24(28-27(29-26)22-13-7-8-14-25(22)30)23-15-18-9-3-4-10-19(18)20-11-5-6-12-21(20)23/h3-17,30H,1-2H3. The molecule has 0 atom stereocenters. The van der Waals surface area contributed by atoms with Crippen LogP contribution in [0.25, 0.3) is 44.2 Å². The van der Waals surface area contributed by atoms with Gasteiger partial charge >= 0.3 is 0 Å². The summed E-state index contributed by atoms with van der Waals surface area (Å²) in [5.74, 6) is 1.05. The van der Waals surface area contributed by atoms with Crippen LogP contribution >= 0.6 is 0 Å². The van der Waals surface area contributed by atoms with Gasteiger partial charge in [-0.15, -0.1) is 0 Å². The SMILES string of the molecule is CC(C)Oc1cc(-c2cc3ccccc3c3ccccc23)nc(-c2ccccc2O)n1. The fourth-order valence-corrected chi connectivity index (χ4v) is 3.91. The number of ether oxygens (including phenoxy) is 1. The van der Waals surface area contributed by atoms with Gasteiger partial charge in [-0.25, -0.2) is 4.98 Å². The molecule has 0 saturated heterocycles. The second kappa shape index (κ2) is 7.73. The highest BCUT2D eigenvalue weighted by molar-refractivity contribution is 6.13. The van der Waals surface area contributed by atoms with Crippen LogP contribution in [0.3, 0.4) is 0 Å².